The summed E-state index contributed by atoms with van der Waals surface area (Å²) in [6, 6.07) is 10.1. The molecule has 3 aromatic rings. The summed E-state index contributed by atoms with van der Waals surface area (Å²) < 4.78 is 31.0. The van der Waals surface area contributed by atoms with Gasteiger partial charge in [-0.25, -0.2) is 13.6 Å². The lowest BCUT2D eigenvalue weighted by Gasteiger charge is -2.06. The van der Waals surface area contributed by atoms with Crippen molar-refractivity contribution >= 4 is 37.5 Å². The SMILES string of the molecule is C=CCn1c(=NC(=O)Cc2ccc(OC)c(C)c2)sc2cc(S(N)(=O)=O)ccc21. The molecule has 0 atom stereocenters. The van der Waals surface area contributed by atoms with Gasteiger partial charge in [0, 0.05) is 6.54 Å². The van der Waals surface area contributed by atoms with E-state index in [0.29, 0.717) is 16.0 Å². The second kappa shape index (κ2) is 8.32. The zero-order chi connectivity index (χ0) is 21.2. The fourth-order valence-corrected chi connectivity index (χ4v) is 4.70. The van der Waals surface area contributed by atoms with Crippen LogP contribution in [-0.2, 0) is 27.8 Å². The van der Waals surface area contributed by atoms with Gasteiger partial charge < -0.3 is 9.30 Å². The van der Waals surface area contributed by atoms with Gasteiger partial charge in [0.1, 0.15) is 5.75 Å². The molecule has 0 fully saturated rings. The molecular formula is C20H21N3O4S2. The lowest BCUT2D eigenvalue weighted by Crippen LogP contribution is -2.17. The Morgan fingerprint density at radius 1 is 1.31 bits per heavy atom. The Morgan fingerprint density at radius 2 is 2.07 bits per heavy atom. The standard InChI is InChI=1S/C20H21N3O4S2/c1-4-9-23-16-7-6-15(29(21,25)26)12-18(16)28-20(23)22-19(24)11-14-5-8-17(27-3)13(2)10-14/h4-8,10,12H,1,9,11H2,2-3H3,(H2,21,25,26). The third-order valence-corrected chi connectivity index (χ3v) is 6.28. The molecule has 0 aliphatic carbocycles. The number of hydrogen-bond acceptors (Lipinski definition) is 5. The molecule has 152 valence electrons. The minimum absolute atomic E-state index is 0.0172. The van der Waals surface area contributed by atoms with Gasteiger partial charge in [0.05, 0.1) is 28.6 Å². The summed E-state index contributed by atoms with van der Waals surface area (Å²) in [5.74, 6) is 0.461. The number of nitrogens with two attached hydrogens (primary N) is 1. The van der Waals surface area contributed by atoms with Crippen LogP contribution >= 0.6 is 11.3 Å². The first kappa shape index (κ1) is 21.0. The number of hydrogen-bond donors (Lipinski definition) is 1. The third kappa shape index (κ3) is 4.64. The van der Waals surface area contributed by atoms with E-state index in [4.69, 9.17) is 9.88 Å². The number of primary sulfonamides is 1. The molecule has 29 heavy (non-hydrogen) atoms. The number of amides is 1. The predicted octanol–water partition coefficient (Wildman–Crippen LogP) is 2.52. The van der Waals surface area contributed by atoms with Crippen molar-refractivity contribution in [3.05, 3.63) is 65.0 Å². The Kier molecular flexibility index (Phi) is 6.02. The van der Waals surface area contributed by atoms with E-state index in [1.807, 2.05) is 29.7 Å². The number of aryl methyl sites for hydroxylation is 1. The number of rotatable bonds is 6. The minimum Gasteiger partial charge on any atom is -0.496 e. The molecule has 0 aliphatic rings. The second-order valence-corrected chi connectivity index (χ2v) is 9.02. The van der Waals surface area contributed by atoms with Gasteiger partial charge in [-0.05, 0) is 42.3 Å². The molecule has 9 heteroatoms. The van der Waals surface area contributed by atoms with Crippen molar-refractivity contribution in [2.45, 2.75) is 24.8 Å². The summed E-state index contributed by atoms with van der Waals surface area (Å²) in [5.41, 5.74) is 2.54. The van der Waals surface area contributed by atoms with Crippen molar-refractivity contribution in [3.8, 4) is 5.75 Å². The molecule has 3 rings (SSSR count). The monoisotopic (exact) mass is 431 g/mol. The molecule has 0 saturated carbocycles. The molecular weight excluding hydrogens is 410 g/mol. The Morgan fingerprint density at radius 3 is 2.69 bits per heavy atom. The summed E-state index contributed by atoms with van der Waals surface area (Å²) in [6.07, 6.45) is 1.84. The fraction of sp³-hybridized carbons (Fsp3) is 0.200. The van der Waals surface area contributed by atoms with Crippen LogP contribution in [0.4, 0.5) is 0 Å². The highest BCUT2D eigenvalue weighted by Crippen LogP contribution is 2.22. The lowest BCUT2D eigenvalue weighted by molar-refractivity contribution is -0.117. The predicted molar refractivity (Wildman–Crippen MR) is 113 cm³/mol. The molecule has 0 spiro atoms. The number of sulfonamides is 1. The number of aromatic nitrogens is 1. The van der Waals surface area contributed by atoms with Gasteiger partial charge in [-0.3, -0.25) is 4.79 Å². The van der Waals surface area contributed by atoms with Gasteiger partial charge in [-0.2, -0.15) is 4.99 Å². The molecule has 1 amide bonds. The molecule has 2 N–H and O–H groups in total. The number of carbonyl (C=O) groups is 1. The molecule has 0 aliphatic heterocycles. The number of benzene rings is 2. The topological polar surface area (TPSA) is 104 Å². The summed E-state index contributed by atoms with van der Waals surface area (Å²) >= 11 is 1.23. The highest BCUT2D eigenvalue weighted by Gasteiger charge is 2.13. The van der Waals surface area contributed by atoms with Gasteiger partial charge in [0.2, 0.25) is 10.0 Å². The maximum Gasteiger partial charge on any atom is 0.252 e. The third-order valence-electron chi connectivity index (χ3n) is 4.33. The number of methoxy groups -OCH3 is 1. The van der Waals surface area contributed by atoms with Crippen LogP contribution in [0.1, 0.15) is 11.1 Å². The van der Waals surface area contributed by atoms with E-state index in [-0.39, 0.29) is 17.2 Å². The molecule has 1 heterocycles. The Hall–Kier alpha value is -2.75. The fourth-order valence-electron chi connectivity index (χ4n) is 2.99. The zero-order valence-electron chi connectivity index (χ0n) is 16.1. The molecule has 7 nitrogen and oxygen atoms in total. The van der Waals surface area contributed by atoms with Crippen LogP contribution in [0, 0.1) is 6.92 Å². The number of ether oxygens (including phenoxy) is 1. The van der Waals surface area contributed by atoms with Crippen molar-refractivity contribution in [3.63, 3.8) is 0 Å². The van der Waals surface area contributed by atoms with Gasteiger partial charge in [-0.1, -0.05) is 29.5 Å². The van der Waals surface area contributed by atoms with Crippen LogP contribution < -0.4 is 14.7 Å². The summed E-state index contributed by atoms with van der Waals surface area (Å²) in [4.78, 5) is 17.3. The normalized spacial score (nSPS) is 12.3. The van der Waals surface area contributed by atoms with Crippen LogP contribution in [-0.4, -0.2) is 26.0 Å². The van der Waals surface area contributed by atoms with Crippen LogP contribution in [0.3, 0.4) is 0 Å². The summed E-state index contributed by atoms with van der Waals surface area (Å²) in [6.45, 7) is 6.09. The van der Waals surface area contributed by atoms with E-state index in [1.54, 1.807) is 19.3 Å². The molecule has 0 bridgehead atoms. The average molecular weight is 432 g/mol. The summed E-state index contributed by atoms with van der Waals surface area (Å²) in [5, 5.41) is 5.22. The van der Waals surface area contributed by atoms with E-state index >= 15 is 0 Å². The minimum atomic E-state index is -3.81. The van der Waals surface area contributed by atoms with Gasteiger partial charge in [-0.15, -0.1) is 6.58 Å². The van der Waals surface area contributed by atoms with E-state index in [1.165, 1.54) is 23.5 Å². The van der Waals surface area contributed by atoms with Crippen molar-refractivity contribution in [2.75, 3.05) is 7.11 Å². The van der Waals surface area contributed by atoms with Crippen molar-refractivity contribution in [1.82, 2.24) is 4.57 Å². The smallest absolute Gasteiger partial charge is 0.252 e. The highest BCUT2D eigenvalue weighted by molar-refractivity contribution is 7.89. The molecule has 2 aromatic carbocycles. The number of thiazole rings is 1. The van der Waals surface area contributed by atoms with Crippen LogP contribution in [0.25, 0.3) is 10.2 Å². The number of nitrogens with zero attached hydrogens (tertiary/aromatic N) is 2. The number of allylic oxidation sites excluding steroid dienone is 1. The Bertz CT molecular complexity index is 1270. The largest absolute Gasteiger partial charge is 0.496 e. The first-order valence-electron chi connectivity index (χ1n) is 8.71. The van der Waals surface area contributed by atoms with E-state index in [2.05, 4.69) is 11.6 Å². The quantitative estimate of drug-likeness (QED) is 0.606. The maximum atomic E-state index is 12.6. The van der Waals surface area contributed by atoms with E-state index in [9.17, 15) is 13.2 Å². The van der Waals surface area contributed by atoms with Gasteiger partial charge >= 0.3 is 0 Å². The molecule has 0 radical (unpaired) electrons. The molecule has 1 aromatic heterocycles. The van der Waals surface area contributed by atoms with Gasteiger partial charge in [0.25, 0.3) is 5.91 Å². The van der Waals surface area contributed by atoms with Crippen molar-refractivity contribution < 1.29 is 17.9 Å². The number of fused-ring (bicyclic) bond motifs is 1. The van der Waals surface area contributed by atoms with Crippen LogP contribution in [0.2, 0.25) is 0 Å². The zero-order valence-corrected chi connectivity index (χ0v) is 17.7. The maximum absolute atomic E-state index is 12.6. The number of carbonyl (C=O) groups excluding carboxylic acids is 1. The lowest BCUT2D eigenvalue weighted by atomic mass is 10.1. The Labute approximate surface area is 172 Å². The Balaban J connectivity index is 2.01. The molecule has 0 saturated heterocycles. The van der Waals surface area contributed by atoms with Gasteiger partial charge in [0.15, 0.2) is 4.80 Å². The van der Waals surface area contributed by atoms with Crippen molar-refractivity contribution in [1.29, 1.82) is 0 Å². The first-order valence-corrected chi connectivity index (χ1v) is 11.1. The van der Waals surface area contributed by atoms with E-state index < -0.39 is 10.0 Å². The molecule has 0 unspecified atom stereocenters. The van der Waals surface area contributed by atoms with Crippen molar-refractivity contribution in [2.24, 2.45) is 10.1 Å². The van der Waals surface area contributed by atoms with E-state index in [0.717, 1.165) is 22.4 Å². The van der Waals surface area contributed by atoms with Crippen LogP contribution in [0.15, 0.2) is 58.9 Å². The second-order valence-electron chi connectivity index (χ2n) is 6.44. The first-order chi connectivity index (χ1) is 13.7. The highest BCUT2D eigenvalue weighted by atomic mass is 32.2. The summed E-state index contributed by atoms with van der Waals surface area (Å²) in [7, 11) is -2.21. The average Bonchev–Trinajstić information content (AvgIpc) is 2.98. The van der Waals surface area contributed by atoms with Crippen LogP contribution in [0.5, 0.6) is 5.75 Å².